The quantitative estimate of drug-likeness (QED) is 0.156. The van der Waals surface area contributed by atoms with Gasteiger partial charge >= 0.3 is 17.9 Å². The first kappa shape index (κ1) is 26.8. The highest BCUT2D eigenvalue weighted by Gasteiger charge is 2.38. The molecule has 1 saturated heterocycles. The highest BCUT2D eigenvalue weighted by molar-refractivity contribution is 5.95. The molecule has 1 fully saturated rings. The third kappa shape index (κ3) is 7.77. The summed E-state index contributed by atoms with van der Waals surface area (Å²) in [5, 5.41) is 40.7. The average Bonchev–Trinajstić information content (AvgIpc) is 3.16. The zero-order valence-electron chi connectivity index (χ0n) is 17.4. The van der Waals surface area contributed by atoms with Crippen LogP contribution < -0.4 is 16.4 Å². The number of carbonyl (C=O) groups is 6. The van der Waals surface area contributed by atoms with E-state index in [1.165, 1.54) is 0 Å². The molecule has 0 aromatic heterocycles. The van der Waals surface area contributed by atoms with E-state index in [-0.39, 0.29) is 19.4 Å². The molecule has 5 atom stereocenters. The average molecular weight is 460 g/mol. The molecule has 14 heteroatoms. The Balaban J connectivity index is 2.95. The van der Waals surface area contributed by atoms with E-state index in [0.29, 0.717) is 6.42 Å². The minimum atomic E-state index is -1.69. The van der Waals surface area contributed by atoms with Crippen LogP contribution in [0.4, 0.5) is 0 Å². The van der Waals surface area contributed by atoms with Crippen molar-refractivity contribution < 1.29 is 49.2 Å². The minimum absolute atomic E-state index is 0.138. The first-order chi connectivity index (χ1) is 14.8. The summed E-state index contributed by atoms with van der Waals surface area (Å²) in [4.78, 5) is 71.7. The molecule has 0 aromatic rings. The number of amides is 3. The van der Waals surface area contributed by atoms with Gasteiger partial charge in [0.15, 0.2) is 6.04 Å². The Kier molecular flexibility index (Phi) is 10.00. The van der Waals surface area contributed by atoms with E-state index in [2.05, 4.69) is 5.32 Å². The zero-order chi connectivity index (χ0) is 24.6. The Morgan fingerprint density at radius 1 is 1.06 bits per heavy atom. The number of likely N-dealkylation sites (tertiary alicyclic amines) is 1. The molecular formula is C18H28N4O10. The molecule has 0 radical (unpaired) electrons. The molecule has 180 valence electrons. The van der Waals surface area contributed by atoms with Crippen molar-refractivity contribution in [3.05, 3.63) is 0 Å². The van der Waals surface area contributed by atoms with Gasteiger partial charge in [-0.25, -0.2) is 4.79 Å². The second-order valence-electron chi connectivity index (χ2n) is 7.45. The van der Waals surface area contributed by atoms with E-state index in [4.69, 9.17) is 21.1 Å². The second-order valence-corrected chi connectivity index (χ2v) is 7.45. The summed E-state index contributed by atoms with van der Waals surface area (Å²) in [7, 11) is 0. The van der Waals surface area contributed by atoms with Gasteiger partial charge in [-0.1, -0.05) is 0 Å². The summed E-state index contributed by atoms with van der Waals surface area (Å²) in [6, 6.07) is -5.57. The predicted octanol–water partition coefficient (Wildman–Crippen LogP) is -2.92. The van der Waals surface area contributed by atoms with Crippen molar-refractivity contribution in [1.82, 2.24) is 15.5 Å². The number of carboxylic acid groups (broad SMARTS) is 3. The van der Waals surface area contributed by atoms with Crippen LogP contribution in [0, 0.1) is 0 Å². The summed E-state index contributed by atoms with van der Waals surface area (Å²) in [5.41, 5.74) is 5.59. The second kappa shape index (κ2) is 12.0. The largest absolute Gasteiger partial charge is 0.481 e. The number of rotatable bonds is 12. The molecule has 0 spiro atoms. The highest BCUT2D eigenvalue weighted by Crippen LogP contribution is 2.19. The van der Waals surface area contributed by atoms with Crippen LogP contribution in [-0.4, -0.2) is 97.8 Å². The van der Waals surface area contributed by atoms with Crippen LogP contribution in [0.3, 0.4) is 0 Å². The van der Waals surface area contributed by atoms with Crippen LogP contribution in [0.1, 0.15) is 39.0 Å². The van der Waals surface area contributed by atoms with Crippen molar-refractivity contribution in [3.63, 3.8) is 0 Å². The van der Waals surface area contributed by atoms with Gasteiger partial charge in [-0.15, -0.1) is 0 Å². The lowest BCUT2D eigenvalue weighted by molar-refractivity contribution is -0.146. The number of nitrogens with one attached hydrogen (secondary N) is 2. The number of aliphatic carboxylic acids is 3. The SMILES string of the molecule is CC(O)C(NC(=O)C(CCC(=O)O)NC(=O)C1CCCN1C(=O)C(N)CC(=O)O)C(=O)O. The summed E-state index contributed by atoms with van der Waals surface area (Å²) >= 11 is 0. The molecule has 0 saturated carbocycles. The fourth-order valence-corrected chi connectivity index (χ4v) is 3.24. The van der Waals surface area contributed by atoms with Gasteiger partial charge in [-0.05, 0) is 26.2 Å². The monoisotopic (exact) mass is 460 g/mol. The van der Waals surface area contributed by atoms with Crippen molar-refractivity contribution in [1.29, 1.82) is 0 Å². The van der Waals surface area contributed by atoms with E-state index in [1.54, 1.807) is 0 Å². The summed E-state index contributed by atoms with van der Waals surface area (Å²) in [6.07, 6.45) is -2.39. The molecular weight excluding hydrogens is 432 g/mol. The maximum atomic E-state index is 12.8. The third-order valence-corrected chi connectivity index (χ3v) is 4.88. The Morgan fingerprint density at radius 2 is 1.69 bits per heavy atom. The van der Waals surface area contributed by atoms with Crippen LogP contribution in [0.2, 0.25) is 0 Å². The number of carbonyl (C=O) groups excluding carboxylic acids is 3. The first-order valence-corrected chi connectivity index (χ1v) is 9.86. The van der Waals surface area contributed by atoms with Gasteiger partial charge in [0.05, 0.1) is 18.6 Å². The summed E-state index contributed by atoms with van der Waals surface area (Å²) in [6.45, 7) is 1.27. The van der Waals surface area contributed by atoms with Gasteiger partial charge < -0.3 is 41.7 Å². The third-order valence-electron chi connectivity index (χ3n) is 4.88. The van der Waals surface area contributed by atoms with Gasteiger partial charge in [0.25, 0.3) is 0 Å². The Labute approximate surface area is 182 Å². The summed E-state index contributed by atoms with van der Waals surface area (Å²) < 4.78 is 0. The predicted molar refractivity (Wildman–Crippen MR) is 105 cm³/mol. The fraction of sp³-hybridized carbons (Fsp3) is 0.667. The van der Waals surface area contributed by atoms with E-state index < -0.39 is 78.7 Å². The number of hydrogen-bond donors (Lipinski definition) is 7. The maximum Gasteiger partial charge on any atom is 0.328 e. The van der Waals surface area contributed by atoms with Gasteiger partial charge in [0.2, 0.25) is 17.7 Å². The van der Waals surface area contributed by atoms with Crippen molar-refractivity contribution in [2.75, 3.05) is 6.54 Å². The first-order valence-electron chi connectivity index (χ1n) is 9.86. The van der Waals surface area contributed by atoms with E-state index in [1.807, 2.05) is 5.32 Å². The lowest BCUT2D eigenvalue weighted by Gasteiger charge is -2.28. The molecule has 1 heterocycles. The maximum absolute atomic E-state index is 12.8. The Morgan fingerprint density at radius 3 is 2.19 bits per heavy atom. The van der Waals surface area contributed by atoms with Crippen molar-refractivity contribution >= 4 is 35.6 Å². The number of hydrogen-bond acceptors (Lipinski definition) is 8. The molecule has 32 heavy (non-hydrogen) atoms. The number of aliphatic hydroxyl groups excluding tert-OH is 1. The lowest BCUT2D eigenvalue weighted by Crippen LogP contribution is -2.58. The molecule has 8 N–H and O–H groups in total. The smallest absolute Gasteiger partial charge is 0.328 e. The number of carboxylic acids is 3. The van der Waals surface area contributed by atoms with Crippen molar-refractivity contribution in [2.24, 2.45) is 5.73 Å². The van der Waals surface area contributed by atoms with E-state index in [9.17, 15) is 33.9 Å². The summed E-state index contributed by atoms with van der Waals surface area (Å²) in [5.74, 6) is -6.66. The molecule has 1 aliphatic heterocycles. The lowest BCUT2D eigenvalue weighted by atomic mass is 10.1. The van der Waals surface area contributed by atoms with E-state index in [0.717, 1.165) is 11.8 Å². The molecule has 0 aliphatic carbocycles. The van der Waals surface area contributed by atoms with Crippen LogP contribution in [-0.2, 0) is 28.8 Å². The topological polar surface area (TPSA) is 237 Å². The molecule has 3 amide bonds. The molecule has 1 rings (SSSR count). The van der Waals surface area contributed by atoms with Gasteiger partial charge in [0.1, 0.15) is 12.1 Å². The van der Waals surface area contributed by atoms with Crippen LogP contribution in [0.25, 0.3) is 0 Å². The zero-order valence-corrected chi connectivity index (χ0v) is 17.4. The normalized spacial score (nSPS) is 19.3. The fourth-order valence-electron chi connectivity index (χ4n) is 3.24. The Hall–Kier alpha value is -3.26. The standard InChI is InChI=1S/C18H28N4O10/c1-8(23)14(18(31)32)21-15(28)10(4-5-12(24)25)20-16(29)11-3-2-6-22(11)17(30)9(19)7-13(26)27/h8-11,14,23H,2-7,19H2,1H3,(H,20,29)(H,21,28)(H,24,25)(H,26,27)(H,31,32). The van der Waals surface area contributed by atoms with Crippen molar-refractivity contribution in [2.45, 2.75) is 69.3 Å². The number of nitrogens with zero attached hydrogens (tertiary/aromatic N) is 1. The Bertz CT molecular complexity index is 756. The van der Waals surface area contributed by atoms with Crippen LogP contribution in [0.15, 0.2) is 0 Å². The molecule has 0 aromatic carbocycles. The van der Waals surface area contributed by atoms with Gasteiger partial charge in [0, 0.05) is 13.0 Å². The molecule has 14 nitrogen and oxygen atoms in total. The minimum Gasteiger partial charge on any atom is -0.481 e. The van der Waals surface area contributed by atoms with Crippen LogP contribution in [0.5, 0.6) is 0 Å². The number of nitrogens with two attached hydrogens (primary N) is 1. The molecule has 1 aliphatic rings. The number of aliphatic hydroxyl groups is 1. The van der Waals surface area contributed by atoms with Crippen molar-refractivity contribution in [3.8, 4) is 0 Å². The van der Waals surface area contributed by atoms with Crippen LogP contribution >= 0.6 is 0 Å². The molecule has 5 unspecified atom stereocenters. The van der Waals surface area contributed by atoms with Gasteiger partial charge in [-0.2, -0.15) is 0 Å². The molecule has 0 bridgehead atoms. The van der Waals surface area contributed by atoms with Gasteiger partial charge in [-0.3, -0.25) is 24.0 Å². The van der Waals surface area contributed by atoms with E-state index >= 15 is 0 Å². The highest BCUT2D eigenvalue weighted by atomic mass is 16.4.